The summed E-state index contributed by atoms with van der Waals surface area (Å²) < 4.78 is 4.75. The molecule has 5 heteroatoms. The lowest BCUT2D eigenvalue weighted by atomic mass is 10.3. The van der Waals surface area contributed by atoms with Gasteiger partial charge in [0, 0.05) is 27.1 Å². The van der Waals surface area contributed by atoms with E-state index in [1.54, 1.807) is 14.1 Å². The first-order valence-corrected chi connectivity index (χ1v) is 4.03. The first-order valence-electron chi connectivity index (χ1n) is 4.03. The molecule has 0 aromatic heterocycles. The van der Waals surface area contributed by atoms with Gasteiger partial charge in [-0.25, -0.2) is 4.79 Å². The lowest BCUT2D eigenvalue weighted by Crippen LogP contribution is -2.21. The van der Waals surface area contributed by atoms with Gasteiger partial charge in [-0.3, -0.25) is 4.79 Å². The standard InChI is InChI=1S/C8H15NO4/c1-9(2)7(10)4-3-5-13-6-8(11)12/h3-6H2,1-2H3,(H,11,12). The average molecular weight is 189 g/mol. The lowest BCUT2D eigenvalue weighted by Gasteiger charge is -2.09. The predicted molar refractivity (Wildman–Crippen MR) is 46.4 cm³/mol. The molecule has 0 bridgehead atoms. The first kappa shape index (κ1) is 11.9. The maximum Gasteiger partial charge on any atom is 0.329 e. The van der Waals surface area contributed by atoms with E-state index in [2.05, 4.69) is 0 Å². The summed E-state index contributed by atoms with van der Waals surface area (Å²) in [5, 5.41) is 8.21. The van der Waals surface area contributed by atoms with Gasteiger partial charge in [0.2, 0.25) is 5.91 Å². The van der Waals surface area contributed by atoms with Crippen LogP contribution in [0, 0.1) is 0 Å². The van der Waals surface area contributed by atoms with Gasteiger partial charge in [-0.15, -0.1) is 0 Å². The molecule has 1 amide bonds. The Kier molecular flexibility index (Phi) is 5.88. The van der Waals surface area contributed by atoms with E-state index in [1.807, 2.05) is 0 Å². The summed E-state index contributed by atoms with van der Waals surface area (Å²) >= 11 is 0. The van der Waals surface area contributed by atoms with Crippen LogP contribution in [-0.4, -0.2) is 49.2 Å². The smallest absolute Gasteiger partial charge is 0.329 e. The zero-order valence-electron chi connectivity index (χ0n) is 7.95. The van der Waals surface area contributed by atoms with E-state index in [1.165, 1.54) is 4.90 Å². The molecular weight excluding hydrogens is 174 g/mol. The van der Waals surface area contributed by atoms with E-state index in [4.69, 9.17) is 9.84 Å². The van der Waals surface area contributed by atoms with Crippen LogP contribution in [-0.2, 0) is 14.3 Å². The highest BCUT2D eigenvalue weighted by atomic mass is 16.5. The molecule has 0 aromatic rings. The fourth-order valence-electron chi connectivity index (χ4n) is 0.709. The van der Waals surface area contributed by atoms with Gasteiger partial charge in [0.05, 0.1) is 0 Å². The van der Waals surface area contributed by atoms with Crippen LogP contribution < -0.4 is 0 Å². The van der Waals surface area contributed by atoms with E-state index in [0.717, 1.165) is 0 Å². The molecule has 0 heterocycles. The summed E-state index contributed by atoms with van der Waals surface area (Å²) in [5.74, 6) is -0.960. The third-order valence-corrected chi connectivity index (χ3v) is 1.40. The fraction of sp³-hybridized carbons (Fsp3) is 0.750. The van der Waals surface area contributed by atoms with Gasteiger partial charge >= 0.3 is 5.97 Å². The van der Waals surface area contributed by atoms with Crippen molar-refractivity contribution in [1.29, 1.82) is 0 Å². The summed E-state index contributed by atoms with van der Waals surface area (Å²) in [5.41, 5.74) is 0. The van der Waals surface area contributed by atoms with Gasteiger partial charge in [-0.1, -0.05) is 0 Å². The minimum Gasteiger partial charge on any atom is -0.480 e. The van der Waals surface area contributed by atoms with Crippen molar-refractivity contribution in [3.05, 3.63) is 0 Å². The van der Waals surface area contributed by atoms with E-state index in [9.17, 15) is 9.59 Å². The van der Waals surface area contributed by atoms with Crippen LogP contribution in [0.25, 0.3) is 0 Å². The predicted octanol–water partition coefficient (Wildman–Crippen LogP) is -0.0440. The number of rotatable bonds is 6. The van der Waals surface area contributed by atoms with E-state index in [-0.39, 0.29) is 12.5 Å². The summed E-state index contributed by atoms with van der Waals surface area (Å²) in [6.45, 7) is 0.0159. The van der Waals surface area contributed by atoms with Crippen LogP contribution in [0.1, 0.15) is 12.8 Å². The monoisotopic (exact) mass is 189 g/mol. The van der Waals surface area contributed by atoms with Crippen LogP contribution in [0.5, 0.6) is 0 Å². The molecular formula is C8H15NO4. The van der Waals surface area contributed by atoms with Crippen LogP contribution in [0.15, 0.2) is 0 Å². The molecule has 0 saturated heterocycles. The maximum absolute atomic E-state index is 11.0. The number of amides is 1. The van der Waals surface area contributed by atoms with Crippen LogP contribution in [0.4, 0.5) is 0 Å². The Balaban J connectivity index is 3.26. The molecule has 0 atom stereocenters. The van der Waals surface area contributed by atoms with E-state index >= 15 is 0 Å². The van der Waals surface area contributed by atoms with Crippen LogP contribution in [0.2, 0.25) is 0 Å². The van der Waals surface area contributed by atoms with Crippen LogP contribution in [0.3, 0.4) is 0 Å². The molecule has 13 heavy (non-hydrogen) atoms. The number of aliphatic carboxylic acids is 1. The number of ether oxygens (including phenoxy) is 1. The normalized spacial score (nSPS) is 9.69. The zero-order valence-corrected chi connectivity index (χ0v) is 7.95. The Morgan fingerprint density at radius 3 is 2.46 bits per heavy atom. The number of nitrogens with zero attached hydrogens (tertiary/aromatic N) is 1. The van der Waals surface area contributed by atoms with Crippen molar-refractivity contribution < 1.29 is 19.4 Å². The largest absolute Gasteiger partial charge is 0.480 e. The van der Waals surface area contributed by atoms with Gasteiger partial charge in [0.25, 0.3) is 0 Å². The number of carboxylic acid groups (broad SMARTS) is 1. The summed E-state index contributed by atoms with van der Waals surface area (Å²) in [4.78, 5) is 22.5. The molecule has 0 fully saturated rings. The SMILES string of the molecule is CN(C)C(=O)CCCOCC(=O)O. The molecule has 1 N–H and O–H groups in total. The van der Waals surface area contributed by atoms with Crippen molar-refractivity contribution in [1.82, 2.24) is 4.90 Å². The molecule has 0 aliphatic heterocycles. The zero-order chi connectivity index (χ0) is 10.3. The average Bonchev–Trinajstić information content (AvgIpc) is 2.02. The van der Waals surface area contributed by atoms with Gasteiger partial charge < -0.3 is 14.7 Å². The van der Waals surface area contributed by atoms with Crippen molar-refractivity contribution >= 4 is 11.9 Å². The second-order valence-corrected chi connectivity index (χ2v) is 2.84. The van der Waals surface area contributed by atoms with Gasteiger partial charge in [0.15, 0.2) is 0 Å². The van der Waals surface area contributed by atoms with Crippen molar-refractivity contribution in [2.24, 2.45) is 0 Å². The fourth-order valence-corrected chi connectivity index (χ4v) is 0.709. The third-order valence-electron chi connectivity index (χ3n) is 1.40. The summed E-state index contributed by atoms with van der Waals surface area (Å²) in [6.07, 6.45) is 0.955. The Hall–Kier alpha value is -1.10. The Morgan fingerprint density at radius 2 is 2.00 bits per heavy atom. The number of carboxylic acids is 1. The quantitative estimate of drug-likeness (QED) is 0.595. The topological polar surface area (TPSA) is 66.8 Å². The molecule has 0 aromatic carbocycles. The number of carbonyl (C=O) groups is 2. The highest BCUT2D eigenvalue weighted by molar-refractivity contribution is 5.75. The number of carbonyl (C=O) groups excluding carboxylic acids is 1. The Labute approximate surface area is 77.3 Å². The van der Waals surface area contributed by atoms with Crippen molar-refractivity contribution in [2.45, 2.75) is 12.8 Å². The summed E-state index contributed by atoms with van der Waals surface area (Å²) in [7, 11) is 3.36. The Morgan fingerprint density at radius 1 is 1.38 bits per heavy atom. The molecule has 0 radical (unpaired) electrons. The number of hydrogen-bond acceptors (Lipinski definition) is 3. The van der Waals surface area contributed by atoms with Crippen LogP contribution >= 0.6 is 0 Å². The van der Waals surface area contributed by atoms with Gasteiger partial charge in [0.1, 0.15) is 6.61 Å². The third kappa shape index (κ3) is 7.27. The molecule has 76 valence electrons. The maximum atomic E-state index is 11.0. The van der Waals surface area contributed by atoms with Crippen molar-refractivity contribution in [2.75, 3.05) is 27.3 Å². The highest BCUT2D eigenvalue weighted by Gasteiger charge is 2.03. The minimum absolute atomic E-state index is 0.0268. The van der Waals surface area contributed by atoms with E-state index in [0.29, 0.717) is 19.4 Å². The molecule has 5 nitrogen and oxygen atoms in total. The second kappa shape index (κ2) is 6.42. The second-order valence-electron chi connectivity index (χ2n) is 2.84. The molecule has 0 saturated carbocycles. The first-order chi connectivity index (χ1) is 6.04. The molecule has 0 unspecified atom stereocenters. The lowest BCUT2D eigenvalue weighted by molar-refractivity contribution is -0.142. The van der Waals surface area contributed by atoms with Crippen molar-refractivity contribution in [3.8, 4) is 0 Å². The van der Waals surface area contributed by atoms with Crippen molar-refractivity contribution in [3.63, 3.8) is 0 Å². The molecule has 0 aliphatic carbocycles. The molecule has 0 rings (SSSR count). The number of hydrogen-bond donors (Lipinski definition) is 1. The minimum atomic E-state index is -0.987. The highest BCUT2D eigenvalue weighted by Crippen LogP contribution is 1.93. The van der Waals surface area contributed by atoms with Gasteiger partial charge in [-0.2, -0.15) is 0 Å². The van der Waals surface area contributed by atoms with E-state index < -0.39 is 5.97 Å². The Bertz CT molecular complexity index is 179. The molecule has 0 spiro atoms. The molecule has 0 aliphatic rings. The van der Waals surface area contributed by atoms with Gasteiger partial charge in [-0.05, 0) is 6.42 Å². The summed E-state index contributed by atoms with van der Waals surface area (Å²) in [6, 6.07) is 0.